The SMILES string of the molecule is O=C(C1=CCC(OCCCN2CCCCC2)C=C1)c1c(-c2cccc(O)c2)ccc2cc(O)ccc12. The number of piperidine rings is 1. The van der Waals surface area contributed by atoms with Crippen LogP contribution in [-0.2, 0) is 4.74 Å². The number of allylic oxidation sites excluding steroid dienone is 2. The van der Waals surface area contributed by atoms with E-state index in [4.69, 9.17) is 4.74 Å². The summed E-state index contributed by atoms with van der Waals surface area (Å²) in [7, 11) is 0. The number of ketones is 1. The molecule has 0 radical (unpaired) electrons. The smallest absolute Gasteiger partial charge is 0.193 e. The number of hydrogen-bond donors (Lipinski definition) is 2. The molecule has 186 valence electrons. The molecule has 1 aliphatic carbocycles. The Kier molecular flexibility index (Phi) is 7.49. The first-order chi connectivity index (χ1) is 17.6. The third kappa shape index (κ3) is 5.53. The quantitative estimate of drug-likeness (QED) is 0.293. The van der Waals surface area contributed by atoms with Crippen LogP contribution in [0.15, 0.2) is 78.4 Å². The summed E-state index contributed by atoms with van der Waals surface area (Å²) < 4.78 is 6.07. The Morgan fingerprint density at radius 3 is 2.58 bits per heavy atom. The number of carbonyl (C=O) groups is 1. The third-order valence-electron chi connectivity index (χ3n) is 7.11. The number of ether oxygens (including phenoxy) is 1. The Bertz CT molecular complexity index is 1300. The van der Waals surface area contributed by atoms with E-state index in [1.165, 1.54) is 32.4 Å². The van der Waals surface area contributed by atoms with Crippen molar-refractivity contribution < 1.29 is 19.7 Å². The van der Waals surface area contributed by atoms with E-state index in [1.54, 1.807) is 36.4 Å². The molecule has 2 N–H and O–H groups in total. The van der Waals surface area contributed by atoms with Crippen molar-refractivity contribution in [3.63, 3.8) is 0 Å². The number of nitrogens with zero attached hydrogens (tertiary/aromatic N) is 1. The summed E-state index contributed by atoms with van der Waals surface area (Å²) in [6.07, 6.45) is 11.4. The number of phenolic OH excluding ortho intramolecular Hbond substituents is 2. The minimum Gasteiger partial charge on any atom is -0.508 e. The lowest BCUT2D eigenvalue weighted by Crippen LogP contribution is -2.31. The molecule has 5 rings (SSSR count). The molecular formula is C31H33NO4. The molecule has 1 aliphatic heterocycles. The molecule has 2 aliphatic rings. The van der Waals surface area contributed by atoms with Gasteiger partial charge in [0.15, 0.2) is 5.78 Å². The Balaban J connectivity index is 1.32. The fraction of sp³-hybridized carbons (Fsp3) is 0.323. The average molecular weight is 484 g/mol. The van der Waals surface area contributed by atoms with Crippen LogP contribution in [0.2, 0.25) is 0 Å². The highest BCUT2D eigenvalue weighted by molar-refractivity contribution is 6.21. The molecule has 3 aromatic carbocycles. The van der Waals surface area contributed by atoms with Gasteiger partial charge in [-0.05, 0) is 91.0 Å². The van der Waals surface area contributed by atoms with E-state index in [2.05, 4.69) is 4.90 Å². The summed E-state index contributed by atoms with van der Waals surface area (Å²) in [4.78, 5) is 16.4. The average Bonchev–Trinajstić information content (AvgIpc) is 2.91. The Morgan fingerprint density at radius 2 is 1.81 bits per heavy atom. The van der Waals surface area contributed by atoms with E-state index < -0.39 is 0 Å². The van der Waals surface area contributed by atoms with E-state index in [1.807, 2.05) is 36.4 Å². The zero-order chi connectivity index (χ0) is 24.9. The van der Waals surface area contributed by atoms with Crippen molar-refractivity contribution in [1.29, 1.82) is 0 Å². The Hall–Kier alpha value is -3.41. The molecule has 1 heterocycles. The molecule has 3 aromatic rings. The lowest BCUT2D eigenvalue weighted by Gasteiger charge is -2.26. The van der Waals surface area contributed by atoms with Gasteiger partial charge in [-0.2, -0.15) is 0 Å². The van der Waals surface area contributed by atoms with Crippen LogP contribution in [0.1, 0.15) is 42.5 Å². The van der Waals surface area contributed by atoms with E-state index in [0.29, 0.717) is 17.6 Å². The number of hydrogen-bond acceptors (Lipinski definition) is 5. The van der Waals surface area contributed by atoms with Gasteiger partial charge in [-0.25, -0.2) is 0 Å². The minimum absolute atomic E-state index is 0.0158. The van der Waals surface area contributed by atoms with E-state index in [0.717, 1.165) is 41.5 Å². The van der Waals surface area contributed by atoms with Crippen LogP contribution in [0.25, 0.3) is 21.9 Å². The molecule has 1 atom stereocenters. The van der Waals surface area contributed by atoms with Crippen LogP contribution < -0.4 is 0 Å². The molecule has 5 heteroatoms. The van der Waals surface area contributed by atoms with Gasteiger partial charge in [0.25, 0.3) is 0 Å². The maximum absolute atomic E-state index is 13.8. The van der Waals surface area contributed by atoms with Gasteiger partial charge in [0.1, 0.15) is 11.5 Å². The van der Waals surface area contributed by atoms with Gasteiger partial charge in [-0.15, -0.1) is 0 Å². The van der Waals surface area contributed by atoms with Gasteiger partial charge >= 0.3 is 0 Å². The number of aromatic hydroxyl groups is 2. The number of likely N-dealkylation sites (tertiary alicyclic amines) is 1. The number of rotatable bonds is 8. The van der Waals surface area contributed by atoms with Crippen LogP contribution in [0.5, 0.6) is 11.5 Å². The maximum Gasteiger partial charge on any atom is 0.193 e. The van der Waals surface area contributed by atoms with Crippen LogP contribution in [-0.4, -0.2) is 53.2 Å². The maximum atomic E-state index is 13.8. The largest absolute Gasteiger partial charge is 0.508 e. The summed E-state index contributed by atoms with van der Waals surface area (Å²) in [6, 6.07) is 15.8. The van der Waals surface area contributed by atoms with E-state index >= 15 is 0 Å². The van der Waals surface area contributed by atoms with E-state index in [9.17, 15) is 15.0 Å². The highest BCUT2D eigenvalue weighted by Gasteiger charge is 2.22. The van der Waals surface area contributed by atoms with Gasteiger partial charge in [-0.3, -0.25) is 4.79 Å². The number of Topliss-reactive ketones (excluding diaryl/α,β-unsaturated/α-hetero) is 1. The van der Waals surface area contributed by atoms with Gasteiger partial charge < -0.3 is 19.8 Å². The van der Waals surface area contributed by atoms with Crippen molar-refractivity contribution in [2.24, 2.45) is 0 Å². The van der Waals surface area contributed by atoms with Crippen molar-refractivity contribution in [3.8, 4) is 22.6 Å². The van der Waals surface area contributed by atoms with Crippen molar-refractivity contribution in [2.45, 2.75) is 38.2 Å². The first-order valence-corrected chi connectivity index (χ1v) is 12.9. The minimum atomic E-state index is -0.0792. The van der Waals surface area contributed by atoms with Gasteiger partial charge in [0.05, 0.1) is 6.10 Å². The molecule has 0 amide bonds. The number of benzene rings is 3. The molecule has 36 heavy (non-hydrogen) atoms. The van der Waals surface area contributed by atoms with Gasteiger partial charge in [0, 0.05) is 24.3 Å². The van der Waals surface area contributed by atoms with Crippen LogP contribution >= 0.6 is 0 Å². The standard InChI is InChI=1S/C31H33NO4/c33-25-7-4-6-23(20-25)28-14-10-24-21-26(34)11-15-29(24)30(28)31(35)22-8-12-27(13-9-22)36-19-5-18-32-16-2-1-3-17-32/h4,6-12,14-15,20-21,27,33-34H,1-3,5,13,16-19H2. The number of carbonyl (C=O) groups excluding carboxylic acids is 1. The topological polar surface area (TPSA) is 70.0 Å². The normalized spacial score (nSPS) is 18.3. The molecule has 1 saturated heterocycles. The summed E-state index contributed by atoms with van der Waals surface area (Å²) in [5.41, 5.74) is 2.71. The van der Waals surface area contributed by atoms with Gasteiger partial charge in [-0.1, -0.05) is 48.9 Å². The second kappa shape index (κ2) is 11.1. The predicted octanol–water partition coefficient (Wildman–Crippen LogP) is 6.25. The zero-order valence-electron chi connectivity index (χ0n) is 20.5. The molecule has 1 fully saturated rings. The second-order valence-electron chi connectivity index (χ2n) is 9.69. The van der Waals surface area contributed by atoms with Crippen molar-refractivity contribution in [3.05, 3.63) is 84.0 Å². The first-order valence-electron chi connectivity index (χ1n) is 12.9. The Labute approximate surface area is 212 Å². The lowest BCUT2D eigenvalue weighted by molar-refractivity contribution is 0.0754. The second-order valence-corrected chi connectivity index (χ2v) is 9.69. The summed E-state index contributed by atoms with van der Waals surface area (Å²) >= 11 is 0. The third-order valence-corrected chi connectivity index (χ3v) is 7.11. The Morgan fingerprint density at radius 1 is 0.972 bits per heavy atom. The summed E-state index contributed by atoms with van der Waals surface area (Å²) in [5, 5.41) is 21.6. The molecule has 0 bridgehead atoms. The fourth-order valence-corrected chi connectivity index (χ4v) is 5.22. The molecule has 0 saturated carbocycles. The number of fused-ring (bicyclic) bond motifs is 1. The van der Waals surface area contributed by atoms with Crippen LogP contribution in [0.3, 0.4) is 0 Å². The molecule has 1 unspecified atom stereocenters. The monoisotopic (exact) mass is 483 g/mol. The lowest BCUT2D eigenvalue weighted by atomic mass is 9.87. The van der Waals surface area contributed by atoms with E-state index in [-0.39, 0.29) is 23.4 Å². The highest BCUT2D eigenvalue weighted by atomic mass is 16.5. The van der Waals surface area contributed by atoms with Crippen molar-refractivity contribution >= 4 is 16.6 Å². The molecule has 0 spiro atoms. The van der Waals surface area contributed by atoms with Gasteiger partial charge in [0.2, 0.25) is 0 Å². The fourth-order valence-electron chi connectivity index (χ4n) is 5.22. The molecular weight excluding hydrogens is 450 g/mol. The number of phenols is 2. The molecule has 0 aromatic heterocycles. The molecule has 5 nitrogen and oxygen atoms in total. The first kappa shape index (κ1) is 24.3. The van der Waals surface area contributed by atoms with Crippen molar-refractivity contribution in [2.75, 3.05) is 26.2 Å². The zero-order valence-corrected chi connectivity index (χ0v) is 20.5. The summed E-state index contributed by atoms with van der Waals surface area (Å²) in [6.45, 7) is 4.22. The van der Waals surface area contributed by atoms with Crippen LogP contribution in [0.4, 0.5) is 0 Å². The van der Waals surface area contributed by atoms with Crippen LogP contribution in [0, 0.1) is 0 Å². The highest BCUT2D eigenvalue weighted by Crippen LogP contribution is 2.35. The summed E-state index contributed by atoms with van der Waals surface area (Å²) in [5.74, 6) is 0.223. The van der Waals surface area contributed by atoms with Crippen molar-refractivity contribution in [1.82, 2.24) is 4.90 Å². The predicted molar refractivity (Wildman–Crippen MR) is 144 cm³/mol.